The average molecular weight is 251 g/mol. The minimum atomic E-state index is -3.54. The highest BCUT2D eigenvalue weighted by atomic mass is 32.2. The highest BCUT2D eigenvalue weighted by Gasteiger charge is 2.14. The van der Waals surface area contributed by atoms with Gasteiger partial charge in [0.1, 0.15) is 0 Å². The van der Waals surface area contributed by atoms with Gasteiger partial charge >= 0.3 is 10.1 Å². The van der Waals surface area contributed by atoms with Gasteiger partial charge in [0.15, 0.2) is 0 Å². The molecule has 0 amide bonds. The van der Waals surface area contributed by atoms with Crippen LogP contribution in [0.1, 0.15) is 13.3 Å². The lowest BCUT2D eigenvalue weighted by atomic mass is 10.2. The normalized spacial score (nSPS) is 11.6. The Labute approximate surface area is 100 Å². The molecule has 0 N–H and O–H groups in total. The molecule has 0 saturated carbocycles. The average Bonchev–Trinajstić information content (AvgIpc) is 2.29. The number of rotatable bonds is 4. The smallest absolute Gasteiger partial charge is 0.310 e. The molecular weight excluding hydrogens is 238 g/mol. The molecule has 0 atom stereocenters. The zero-order valence-corrected chi connectivity index (χ0v) is 10.3. The van der Waals surface area contributed by atoms with E-state index in [0.717, 1.165) is 5.39 Å². The van der Waals surface area contributed by atoms with E-state index in [1.807, 2.05) is 24.3 Å². The van der Waals surface area contributed by atoms with E-state index in [0.29, 0.717) is 11.8 Å². The maximum Gasteiger partial charge on any atom is 0.310 e. The van der Waals surface area contributed by atoms with Crippen LogP contribution in [-0.2, 0) is 10.1 Å². The largest absolute Gasteiger partial charge is 0.361 e. The fourth-order valence-electron chi connectivity index (χ4n) is 1.57. The van der Waals surface area contributed by atoms with Gasteiger partial charge in [-0.25, -0.2) is 4.98 Å². The fraction of sp³-hybridized carbons (Fsp3) is 0.250. The summed E-state index contributed by atoms with van der Waals surface area (Å²) >= 11 is 0. The van der Waals surface area contributed by atoms with Crippen LogP contribution in [0.4, 0.5) is 0 Å². The van der Waals surface area contributed by atoms with E-state index in [4.69, 9.17) is 4.18 Å². The molecule has 0 spiro atoms. The number of benzene rings is 1. The van der Waals surface area contributed by atoms with E-state index in [2.05, 4.69) is 4.98 Å². The van der Waals surface area contributed by atoms with Crippen molar-refractivity contribution in [1.29, 1.82) is 0 Å². The van der Waals surface area contributed by atoms with Crippen LogP contribution in [0.3, 0.4) is 0 Å². The SMILES string of the molecule is CCCS(=O)(=O)Oc1nccc2ccccc12. The van der Waals surface area contributed by atoms with Gasteiger partial charge in [-0.05, 0) is 23.9 Å². The van der Waals surface area contributed by atoms with Gasteiger partial charge in [-0.15, -0.1) is 0 Å². The minimum absolute atomic E-state index is 0.00208. The Morgan fingerprint density at radius 3 is 2.76 bits per heavy atom. The molecule has 1 aromatic carbocycles. The van der Waals surface area contributed by atoms with Crippen LogP contribution in [-0.4, -0.2) is 19.2 Å². The molecule has 17 heavy (non-hydrogen) atoms. The fourth-order valence-corrected chi connectivity index (χ4v) is 2.53. The van der Waals surface area contributed by atoms with Crippen molar-refractivity contribution >= 4 is 20.9 Å². The van der Waals surface area contributed by atoms with Gasteiger partial charge < -0.3 is 4.18 Å². The molecule has 0 bridgehead atoms. The first-order valence-corrected chi connectivity index (χ1v) is 6.96. The molecule has 2 rings (SSSR count). The summed E-state index contributed by atoms with van der Waals surface area (Å²) in [7, 11) is -3.54. The Morgan fingerprint density at radius 2 is 2.00 bits per heavy atom. The molecule has 5 heteroatoms. The molecule has 0 aliphatic heterocycles. The summed E-state index contributed by atoms with van der Waals surface area (Å²) in [6.07, 6.45) is 2.06. The number of pyridine rings is 1. The standard InChI is InChI=1S/C12H13NO3S/c1-2-9-17(14,15)16-12-11-6-4-3-5-10(11)7-8-13-12/h3-8H,2,9H2,1H3. The highest BCUT2D eigenvalue weighted by molar-refractivity contribution is 7.87. The lowest BCUT2D eigenvalue weighted by molar-refractivity contribution is 0.478. The molecule has 2 aromatic rings. The van der Waals surface area contributed by atoms with Gasteiger partial charge in [-0.2, -0.15) is 8.42 Å². The monoisotopic (exact) mass is 251 g/mol. The third-order valence-corrected chi connectivity index (χ3v) is 3.62. The Hall–Kier alpha value is -1.62. The lowest BCUT2D eigenvalue weighted by Gasteiger charge is -2.07. The number of hydrogen-bond donors (Lipinski definition) is 0. The van der Waals surface area contributed by atoms with Crippen molar-refractivity contribution in [1.82, 2.24) is 4.98 Å². The molecule has 1 heterocycles. The first-order valence-electron chi connectivity index (χ1n) is 5.38. The van der Waals surface area contributed by atoms with Gasteiger partial charge in [0.25, 0.3) is 0 Å². The van der Waals surface area contributed by atoms with Crippen LogP contribution in [0.2, 0.25) is 0 Å². The van der Waals surface area contributed by atoms with Crippen LogP contribution in [0.25, 0.3) is 10.8 Å². The topological polar surface area (TPSA) is 56.3 Å². The first kappa shape index (κ1) is 11.9. The highest BCUT2D eigenvalue weighted by Crippen LogP contribution is 2.23. The number of aromatic nitrogens is 1. The summed E-state index contributed by atoms with van der Waals surface area (Å²) in [5.41, 5.74) is 0. The van der Waals surface area contributed by atoms with Crippen molar-refractivity contribution in [3.63, 3.8) is 0 Å². The molecule has 4 nitrogen and oxygen atoms in total. The summed E-state index contributed by atoms with van der Waals surface area (Å²) < 4.78 is 28.2. The third-order valence-electron chi connectivity index (χ3n) is 2.30. The molecule has 0 aliphatic rings. The van der Waals surface area contributed by atoms with Gasteiger partial charge in [-0.3, -0.25) is 0 Å². The van der Waals surface area contributed by atoms with Gasteiger partial charge in [0.2, 0.25) is 5.88 Å². The van der Waals surface area contributed by atoms with E-state index < -0.39 is 10.1 Å². The Bertz CT molecular complexity index is 617. The van der Waals surface area contributed by atoms with Crippen molar-refractivity contribution in [2.24, 2.45) is 0 Å². The summed E-state index contributed by atoms with van der Waals surface area (Å²) in [6.45, 7) is 1.79. The van der Waals surface area contributed by atoms with Crippen LogP contribution >= 0.6 is 0 Å². The number of nitrogens with zero attached hydrogens (tertiary/aromatic N) is 1. The van der Waals surface area contributed by atoms with Crippen molar-refractivity contribution in [3.05, 3.63) is 36.5 Å². The second kappa shape index (κ2) is 4.71. The van der Waals surface area contributed by atoms with Crippen LogP contribution in [0.15, 0.2) is 36.5 Å². The summed E-state index contributed by atoms with van der Waals surface area (Å²) in [4.78, 5) is 3.97. The van der Waals surface area contributed by atoms with E-state index in [1.165, 1.54) is 0 Å². The van der Waals surface area contributed by atoms with E-state index in [1.54, 1.807) is 19.2 Å². The molecule has 90 valence electrons. The second-order valence-corrected chi connectivity index (χ2v) is 5.37. The van der Waals surface area contributed by atoms with Crippen molar-refractivity contribution in [3.8, 4) is 5.88 Å². The molecule has 0 aliphatic carbocycles. The first-order chi connectivity index (χ1) is 8.12. The Kier molecular flexibility index (Phi) is 3.28. The van der Waals surface area contributed by atoms with Crippen molar-refractivity contribution in [2.75, 3.05) is 5.75 Å². The minimum Gasteiger partial charge on any atom is -0.361 e. The predicted molar refractivity (Wildman–Crippen MR) is 66.4 cm³/mol. The van der Waals surface area contributed by atoms with Gasteiger partial charge in [-0.1, -0.05) is 25.1 Å². The molecule has 1 aromatic heterocycles. The molecule has 0 unspecified atom stereocenters. The van der Waals surface area contributed by atoms with Crippen LogP contribution in [0, 0.1) is 0 Å². The van der Waals surface area contributed by atoms with E-state index in [-0.39, 0.29) is 11.6 Å². The van der Waals surface area contributed by atoms with E-state index >= 15 is 0 Å². The van der Waals surface area contributed by atoms with Crippen LogP contribution in [0.5, 0.6) is 5.88 Å². The zero-order valence-electron chi connectivity index (χ0n) is 9.46. The maximum absolute atomic E-state index is 11.6. The Morgan fingerprint density at radius 1 is 1.24 bits per heavy atom. The quantitative estimate of drug-likeness (QED) is 0.783. The molecule has 0 saturated heterocycles. The lowest BCUT2D eigenvalue weighted by Crippen LogP contribution is -2.14. The maximum atomic E-state index is 11.6. The predicted octanol–water partition coefficient (Wildman–Crippen LogP) is 2.35. The van der Waals surface area contributed by atoms with Gasteiger partial charge in [0.05, 0.1) is 5.75 Å². The summed E-state index contributed by atoms with van der Waals surface area (Å²) in [6, 6.07) is 9.19. The Balaban J connectivity index is 2.43. The third kappa shape index (κ3) is 2.74. The molecule has 0 radical (unpaired) electrons. The van der Waals surface area contributed by atoms with Crippen molar-refractivity contribution < 1.29 is 12.6 Å². The molecule has 0 fully saturated rings. The second-order valence-electron chi connectivity index (χ2n) is 3.68. The van der Waals surface area contributed by atoms with Gasteiger partial charge in [0, 0.05) is 11.6 Å². The van der Waals surface area contributed by atoms with Crippen LogP contribution < -0.4 is 4.18 Å². The molecular formula is C12H13NO3S. The number of fused-ring (bicyclic) bond motifs is 1. The zero-order chi connectivity index (χ0) is 12.3. The van der Waals surface area contributed by atoms with Crippen molar-refractivity contribution in [2.45, 2.75) is 13.3 Å². The summed E-state index contributed by atoms with van der Waals surface area (Å²) in [5.74, 6) is 0.148. The van der Waals surface area contributed by atoms with E-state index in [9.17, 15) is 8.42 Å². The summed E-state index contributed by atoms with van der Waals surface area (Å²) in [5, 5.41) is 1.61. The number of hydrogen-bond acceptors (Lipinski definition) is 4.